The van der Waals surface area contributed by atoms with Crippen molar-refractivity contribution in [3.05, 3.63) is 34.6 Å². The van der Waals surface area contributed by atoms with Gasteiger partial charge in [-0.2, -0.15) is 0 Å². The monoisotopic (exact) mass is 258 g/mol. The van der Waals surface area contributed by atoms with Gasteiger partial charge in [0.05, 0.1) is 5.02 Å². The minimum atomic E-state index is -0.657. The van der Waals surface area contributed by atoms with E-state index in [1.165, 1.54) is 6.07 Å². The van der Waals surface area contributed by atoms with Crippen LogP contribution in [-0.4, -0.2) is 23.9 Å². The molecule has 3 nitrogen and oxygen atoms in total. The summed E-state index contributed by atoms with van der Waals surface area (Å²) in [5, 5.41) is 16.0. The molecular weight excluding hydrogens is 243 g/mol. The zero-order chi connectivity index (χ0) is 12.3. The van der Waals surface area contributed by atoms with Crippen molar-refractivity contribution in [2.45, 2.75) is 31.7 Å². The van der Waals surface area contributed by atoms with Crippen LogP contribution in [0, 0.1) is 5.82 Å². The van der Waals surface area contributed by atoms with Crippen LogP contribution in [0.2, 0.25) is 5.02 Å². The van der Waals surface area contributed by atoms with Crippen LogP contribution in [0.15, 0.2) is 18.2 Å². The highest BCUT2D eigenvalue weighted by molar-refractivity contribution is 6.30. The highest BCUT2D eigenvalue weighted by atomic mass is 35.5. The number of hydrogen-bond donors (Lipinski definition) is 3. The predicted molar refractivity (Wildman–Crippen MR) is 65.3 cm³/mol. The Morgan fingerprint density at radius 1 is 1.59 bits per heavy atom. The summed E-state index contributed by atoms with van der Waals surface area (Å²) in [6, 6.07) is 4.92. The maximum absolute atomic E-state index is 13.6. The first-order chi connectivity index (χ1) is 8.18. The second-order valence-corrected chi connectivity index (χ2v) is 4.65. The van der Waals surface area contributed by atoms with Crippen LogP contribution >= 0.6 is 11.6 Å². The third-order valence-electron chi connectivity index (χ3n) is 3.01. The molecule has 0 radical (unpaired) electrons. The lowest BCUT2D eigenvalue weighted by molar-refractivity contribution is 0.0990. The van der Waals surface area contributed by atoms with Crippen LogP contribution in [-0.2, 0) is 6.54 Å². The lowest BCUT2D eigenvalue weighted by Crippen LogP contribution is -2.44. The summed E-state index contributed by atoms with van der Waals surface area (Å²) in [5.41, 5.74) is 0.467. The van der Waals surface area contributed by atoms with Gasteiger partial charge >= 0.3 is 0 Å². The van der Waals surface area contributed by atoms with Gasteiger partial charge in [0, 0.05) is 18.2 Å². The predicted octanol–water partition coefficient (Wildman–Crippen LogP) is 1.64. The van der Waals surface area contributed by atoms with E-state index in [9.17, 15) is 9.50 Å². The normalized spacial score (nSPS) is 21.7. The first kappa shape index (κ1) is 12.8. The smallest absolute Gasteiger partial charge is 0.146 e. The molecular formula is C12H16ClFN2O. The SMILES string of the molecule is OC(NCc1cccc(Cl)c1F)C1CCCN1. The fraction of sp³-hybridized carbons (Fsp3) is 0.500. The van der Waals surface area contributed by atoms with E-state index in [1.807, 2.05) is 0 Å². The Balaban J connectivity index is 1.90. The molecule has 5 heteroatoms. The van der Waals surface area contributed by atoms with Gasteiger partial charge in [0.25, 0.3) is 0 Å². The Labute approximate surface area is 105 Å². The van der Waals surface area contributed by atoms with Crippen molar-refractivity contribution in [3.8, 4) is 0 Å². The summed E-state index contributed by atoms with van der Waals surface area (Å²) in [6.07, 6.45) is 1.34. The lowest BCUT2D eigenvalue weighted by Gasteiger charge is -2.19. The van der Waals surface area contributed by atoms with Crippen molar-refractivity contribution >= 4 is 11.6 Å². The number of halogens is 2. The zero-order valence-corrected chi connectivity index (χ0v) is 10.2. The summed E-state index contributed by atoms with van der Waals surface area (Å²) < 4.78 is 13.6. The maximum Gasteiger partial charge on any atom is 0.146 e. The molecule has 1 aliphatic rings. The first-order valence-electron chi connectivity index (χ1n) is 5.76. The van der Waals surface area contributed by atoms with E-state index >= 15 is 0 Å². The molecule has 1 aromatic rings. The highest BCUT2D eigenvalue weighted by Crippen LogP contribution is 2.18. The number of rotatable bonds is 4. The number of benzene rings is 1. The summed E-state index contributed by atoms with van der Waals surface area (Å²) in [5.74, 6) is -0.423. The zero-order valence-electron chi connectivity index (χ0n) is 9.42. The Morgan fingerprint density at radius 3 is 3.12 bits per heavy atom. The summed E-state index contributed by atoms with van der Waals surface area (Å²) >= 11 is 5.68. The van der Waals surface area contributed by atoms with E-state index in [2.05, 4.69) is 10.6 Å². The fourth-order valence-electron chi connectivity index (χ4n) is 2.02. The van der Waals surface area contributed by atoms with Crippen molar-refractivity contribution in [2.75, 3.05) is 6.54 Å². The van der Waals surface area contributed by atoms with E-state index in [4.69, 9.17) is 11.6 Å². The van der Waals surface area contributed by atoms with Crippen molar-refractivity contribution in [1.29, 1.82) is 0 Å². The van der Waals surface area contributed by atoms with E-state index in [0.29, 0.717) is 5.56 Å². The summed E-state index contributed by atoms with van der Waals surface area (Å²) in [7, 11) is 0. The first-order valence-corrected chi connectivity index (χ1v) is 6.14. The van der Waals surface area contributed by atoms with E-state index in [-0.39, 0.29) is 17.6 Å². The minimum Gasteiger partial charge on any atom is -0.377 e. The molecule has 94 valence electrons. The Kier molecular flexibility index (Phi) is 4.34. The third kappa shape index (κ3) is 3.16. The molecule has 0 saturated carbocycles. The molecule has 3 N–H and O–H groups in total. The average molecular weight is 259 g/mol. The Hall–Kier alpha value is -0.680. The van der Waals surface area contributed by atoms with Gasteiger partial charge in [0.1, 0.15) is 12.0 Å². The molecule has 1 fully saturated rings. The van der Waals surface area contributed by atoms with Gasteiger partial charge in [-0.25, -0.2) is 4.39 Å². The van der Waals surface area contributed by atoms with Crippen molar-refractivity contribution in [2.24, 2.45) is 0 Å². The van der Waals surface area contributed by atoms with Gasteiger partial charge < -0.3 is 10.4 Å². The lowest BCUT2D eigenvalue weighted by atomic mass is 10.1. The average Bonchev–Trinajstić information content (AvgIpc) is 2.84. The van der Waals surface area contributed by atoms with Crippen molar-refractivity contribution in [3.63, 3.8) is 0 Å². The molecule has 17 heavy (non-hydrogen) atoms. The second kappa shape index (κ2) is 5.78. The topological polar surface area (TPSA) is 44.3 Å². The second-order valence-electron chi connectivity index (χ2n) is 4.24. The summed E-state index contributed by atoms with van der Waals surface area (Å²) in [6.45, 7) is 1.20. The van der Waals surface area contributed by atoms with Gasteiger partial charge in [-0.1, -0.05) is 23.7 Å². The molecule has 0 bridgehead atoms. The van der Waals surface area contributed by atoms with Crippen LogP contribution in [0.3, 0.4) is 0 Å². The van der Waals surface area contributed by atoms with Gasteiger partial charge in [-0.05, 0) is 25.5 Å². The third-order valence-corrected chi connectivity index (χ3v) is 3.30. The maximum atomic E-state index is 13.6. The Morgan fingerprint density at radius 2 is 2.41 bits per heavy atom. The van der Waals surface area contributed by atoms with Crippen LogP contribution in [0.25, 0.3) is 0 Å². The van der Waals surface area contributed by atoms with Crippen LogP contribution in [0.1, 0.15) is 18.4 Å². The van der Waals surface area contributed by atoms with E-state index in [1.54, 1.807) is 12.1 Å². The molecule has 0 aromatic heterocycles. The fourth-order valence-corrected chi connectivity index (χ4v) is 2.22. The largest absolute Gasteiger partial charge is 0.377 e. The van der Waals surface area contributed by atoms with Crippen molar-refractivity contribution < 1.29 is 9.50 Å². The summed E-state index contributed by atoms with van der Waals surface area (Å²) in [4.78, 5) is 0. The molecule has 1 saturated heterocycles. The molecule has 0 aliphatic carbocycles. The Bertz CT molecular complexity index is 383. The highest BCUT2D eigenvalue weighted by Gasteiger charge is 2.22. The van der Waals surface area contributed by atoms with Gasteiger partial charge in [0.15, 0.2) is 0 Å². The number of nitrogens with one attached hydrogen (secondary N) is 2. The number of aliphatic hydroxyl groups excluding tert-OH is 1. The molecule has 1 aromatic carbocycles. The van der Waals surface area contributed by atoms with E-state index in [0.717, 1.165) is 19.4 Å². The molecule has 0 amide bonds. The van der Waals surface area contributed by atoms with Gasteiger partial charge in [0.2, 0.25) is 0 Å². The quantitative estimate of drug-likeness (QED) is 0.720. The molecule has 1 heterocycles. The molecule has 2 rings (SSSR count). The van der Waals surface area contributed by atoms with Crippen LogP contribution in [0.5, 0.6) is 0 Å². The van der Waals surface area contributed by atoms with Crippen LogP contribution in [0.4, 0.5) is 4.39 Å². The molecule has 2 unspecified atom stereocenters. The van der Waals surface area contributed by atoms with Gasteiger partial charge in [-0.3, -0.25) is 5.32 Å². The standard InChI is InChI=1S/C12H16ClFN2O/c13-9-4-1-3-8(11(9)14)7-16-12(17)10-5-2-6-15-10/h1,3-4,10,12,15-17H,2,5-7H2. The van der Waals surface area contributed by atoms with Gasteiger partial charge in [-0.15, -0.1) is 0 Å². The number of hydrogen-bond acceptors (Lipinski definition) is 3. The minimum absolute atomic E-state index is 0.0530. The molecule has 0 spiro atoms. The van der Waals surface area contributed by atoms with Crippen molar-refractivity contribution in [1.82, 2.24) is 10.6 Å². The van der Waals surface area contributed by atoms with Crippen LogP contribution < -0.4 is 10.6 Å². The molecule has 2 atom stereocenters. The van der Waals surface area contributed by atoms with E-state index < -0.39 is 12.0 Å². The number of aliphatic hydroxyl groups is 1. The molecule has 1 aliphatic heterocycles.